The third kappa shape index (κ3) is 2.88. The molecule has 0 unspecified atom stereocenters. The fraction of sp³-hybridized carbons (Fsp3) is 0.467. The first-order chi connectivity index (χ1) is 10.4. The Bertz CT molecular complexity index is 613. The lowest BCUT2D eigenvalue weighted by Crippen LogP contribution is -2.54. The normalized spacial score (nSPS) is 22.5. The lowest BCUT2D eigenvalue weighted by atomic mass is 9.88. The second-order valence-corrected chi connectivity index (χ2v) is 6.46. The number of hydrogen-bond donors (Lipinski definition) is 2. The molecule has 1 aromatic carbocycles. The molecule has 1 saturated heterocycles. The molecular formula is C15H16ClFN2O3. The lowest BCUT2D eigenvalue weighted by Gasteiger charge is -2.38. The van der Waals surface area contributed by atoms with Gasteiger partial charge in [0.1, 0.15) is 5.82 Å². The Morgan fingerprint density at radius 1 is 1.32 bits per heavy atom. The van der Waals surface area contributed by atoms with Gasteiger partial charge in [0.05, 0.1) is 6.04 Å². The maximum atomic E-state index is 13.3. The van der Waals surface area contributed by atoms with Gasteiger partial charge in [-0.15, -0.1) is 0 Å². The van der Waals surface area contributed by atoms with Crippen LogP contribution in [0, 0.1) is 11.2 Å². The van der Waals surface area contributed by atoms with Crippen LogP contribution >= 0.6 is 11.6 Å². The van der Waals surface area contributed by atoms with Crippen LogP contribution < -0.4 is 5.32 Å². The molecule has 5 nitrogen and oxygen atoms in total. The Kier molecular flexibility index (Phi) is 3.72. The zero-order valence-corrected chi connectivity index (χ0v) is 12.6. The predicted molar refractivity (Wildman–Crippen MR) is 78.5 cm³/mol. The molecule has 1 aliphatic carbocycles. The number of carboxylic acid groups (broad SMARTS) is 1. The second-order valence-electron chi connectivity index (χ2n) is 6.03. The SMILES string of the molecule is O=C(N[C@H]1CN(C(=O)O)CCC12CC2)c1cc(F)cc(Cl)c1. The molecule has 3 rings (SSSR count). The summed E-state index contributed by atoms with van der Waals surface area (Å²) in [5.74, 6) is -1.00. The van der Waals surface area contributed by atoms with E-state index in [1.807, 2.05) is 0 Å². The van der Waals surface area contributed by atoms with Crippen LogP contribution in [0.15, 0.2) is 18.2 Å². The summed E-state index contributed by atoms with van der Waals surface area (Å²) >= 11 is 5.76. The number of likely N-dealkylation sites (tertiary alicyclic amines) is 1. The molecule has 2 N–H and O–H groups in total. The summed E-state index contributed by atoms with van der Waals surface area (Å²) in [5.41, 5.74) is 0.145. The van der Waals surface area contributed by atoms with Crippen molar-refractivity contribution in [2.45, 2.75) is 25.3 Å². The minimum absolute atomic E-state index is 0.00126. The first-order valence-corrected chi connectivity index (χ1v) is 7.52. The Balaban J connectivity index is 1.75. The highest BCUT2D eigenvalue weighted by molar-refractivity contribution is 6.31. The van der Waals surface area contributed by atoms with Crippen molar-refractivity contribution in [2.75, 3.05) is 13.1 Å². The molecule has 2 fully saturated rings. The summed E-state index contributed by atoms with van der Waals surface area (Å²) in [7, 11) is 0. The highest BCUT2D eigenvalue weighted by atomic mass is 35.5. The van der Waals surface area contributed by atoms with E-state index < -0.39 is 17.8 Å². The maximum absolute atomic E-state index is 13.3. The van der Waals surface area contributed by atoms with E-state index in [1.54, 1.807) is 0 Å². The summed E-state index contributed by atoms with van der Waals surface area (Å²) < 4.78 is 13.3. The van der Waals surface area contributed by atoms with E-state index in [2.05, 4.69) is 5.32 Å². The van der Waals surface area contributed by atoms with Gasteiger partial charge in [-0.25, -0.2) is 9.18 Å². The van der Waals surface area contributed by atoms with Crippen molar-refractivity contribution in [3.05, 3.63) is 34.6 Å². The van der Waals surface area contributed by atoms with Gasteiger partial charge < -0.3 is 15.3 Å². The number of carbonyl (C=O) groups is 2. The number of hydrogen-bond acceptors (Lipinski definition) is 2. The van der Waals surface area contributed by atoms with Gasteiger partial charge in [-0.05, 0) is 42.9 Å². The minimum Gasteiger partial charge on any atom is -0.465 e. The number of carbonyl (C=O) groups excluding carboxylic acids is 1. The molecule has 1 atom stereocenters. The van der Waals surface area contributed by atoms with Gasteiger partial charge in [0.2, 0.25) is 0 Å². The smallest absolute Gasteiger partial charge is 0.407 e. The van der Waals surface area contributed by atoms with Crippen LogP contribution in [0.5, 0.6) is 0 Å². The molecule has 7 heteroatoms. The van der Waals surface area contributed by atoms with Crippen LogP contribution in [0.3, 0.4) is 0 Å². The minimum atomic E-state index is -0.983. The van der Waals surface area contributed by atoms with Gasteiger partial charge in [-0.1, -0.05) is 11.6 Å². The molecule has 1 saturated carbocycles. The summed E-state index contributed by atoms with van der Waals surface area (Å²) in [6.45, 7) is 0.762. The first kappa shape index (κ1) is 15.1. The molecule has 118 valence electrons. The summed E-state index contributed by atoms with van der Waals surface area (Å²) in [5, 5.41) is 12.1. The molecule has 1 aromatic rings. The molecule has 22 heavy (non-hydrogen) atoms. The summed E-state index contributed by atoms with van der Waals surface area (Å²) in [4.78, 5) is 24.7. The van der Waals surface area contributed by atoms with Crippen molar-refractivity contribution in [2.24, 2.45) is 5.41 Å². The van der Waals surface area contributed by atoms with Gasteiger partial charge in [-0.3, -0.25) is 4.79 Å². The van der Waals surface area contributed by atoms with Gasteiger partial charge in [0, 0.05) is 23.7 Å². The molecule has 0 aromatic heterocycles. The quantitative estimate of drug-likeness (QED) is 0.878. The van der Waals surface area contributed by atoms with Crippen LogP contribution in [0.25, 0.3) is 0 Å². The fourth-order valence-electron chi connectivity index (χ4n) is 3.10. The van der Waals surface area contributed by atoms with E-state index in [9.17, 15) is 14.0 Å². The van der Waals surface area contributed by atoms with Crippen LogP contribution in [0.2, 0.25) is 5.02 Å². The maximum Gasteiger partial charge on any atom is 0.407 e. The molecule has 0 bridgehead atoms. The summed E-state index contributed by atoms with van der Waals surface area (Å²) in [6, 6.07) is 3.41. The fourth-order valence-corrected chi connectivity index (χ4v) is 3.32. The van der Waals surface area contributed by atoms with E-state index >= 15 is 0 Å². The Labute approximate surface area is 132 Å². The van der Waals surface area contributed by atoms with Gasteiger partial charge in [-0.2, -0.15) is 0 Å². The van der Waals surface area contributed by atoms with Crippen molar-refractivity contribution in [3.63, 3.8) is 0 Å². The average molecular weight is 327 g/mol. The van der Waals surface area contributed by atoms with Gasteiger partial charge in [0.15, 0.2) is 0 Å². The highest BCUT2D eigenvalue weighted by Crippen LogP contribution is 2.53. The topological polar surface area (TPSA) is 69.6 Å². The monoisotopic (exact) mass is 326 g/mol. The van der Waals surface area contributed by atoms with E-state index in [-0.39, 0.29) is 28.6 Å². The zero-order valence-electron chi connectivity index (χ0n) is 11.8. The van der Waals surface area contributed by atoms with Crippen molar-refractivity contribution >= 4 is 23.6 Å². The van der Waals surface area contributed by atoms with Crippen LogP contribution in [-0.4, -0.2) is 41.1 Å². The lowest BCUT2D eigenvalue weighted by molar-refractivity contribution is 0.0789. The number of nitrogens with one attached hydrogen (secondary N) is 1. The van der Waals surface area contributed by atoms with E-state index in [0.717, 1.165) is 31.4 Å². The van der Waals surface area contributed by atoms with Crippen molar-refractivity contribution in [1.82, 2.24) is 10.2 Å². The van der Waals surface area contributed by atoms with Crippen LogP contribution in [0.1, 0.15) is 29.6 Å². The Hall–Kier alpha value is -1.82. The van der Waals surface area contributed by atoms with Crippen LogP contribution in [-0.2, 0) is 0 Å². The first-order valence-electron chi connectivity index (χ1n) is 7.14. The van der Waals surface area contributed by atoms with Crippen molar-refractivity contribution in [1.29, 1.82) is 0 Å². The Morgan fingerprint density at radius 2 is 2.05 bits per heavy atom. The molecule has 0 radical (unpaired) electrons. The third-order valence-electron chi connectivity index (χ3n) is 4.61. The number of amides is 2. The Morgan fingerprint density at radius 3 is 2.64 bits per heavy atom. The number of rotatable bonds is 2. The summed E-state index contributed by atoms with van der Waals surface area (Å²) in [6.07, 6.45) is 1.72. The number of halogens is 2. The van der Waals surface area contributed by atoms with Crippen LogP contribution in [0.4, 0.5) is 9.18 Å². The van der Waals surface area contributed by atoms with Crippen molar-refractivity contribution < 1.29 is 19.1 Å². The molecule has 1 heterocycles. The molecule has 2 amide bonds. The van der Waals surface area contributed by atoms with Crippen molar-refractivity contribution in [3.8, 4) is 0 Å². The molecule has 2 aliphatic rings. The van der Waals surface area contributed by atoms with E-state index in [4.69, 9.17) is 16.7 Å². The third-order valence-corrected chi connectivity index (χ3v) is 4.83. The highest BCUT2D eigenvalue weighted by Gasteiger charge is 2.53. The zero-order chi connectivity index (χ0) is 15.9. The van der Waals surface area contributed by atoms with Gasteiger partial charge in [0.25, 0.3) is 5.91 Å². The molecule has 1 aliphatic heterocycles. The largest absolute Gasteiger partial charge is 0.465 e. The number of benzene rings is 1. The number of piperidine rings is 1. The molecule has 1 spiro atoms. The van der Waals surface area contributed by atoms with Gasteiger partial charge >= 0.3 is 6.09 Å². The predicted octanol–water partition coefficient (Wildman–Crippen LogP) is 2.74. The van der Waals surface area contributed by atoms with E-state index in [1.165, 1.54) is 11.0 Å². The average Bonchev–Trinajstić information content (AvgIpc) is 3.20. The molecular weight excluding hydrogens is 311 g/mol. The standard InChI is InChI=1S/C15H16ClFN2O3/c16-10-5-9(6-11(17)7-10)13(20)18-12-8-19(14(21)22)4-3-15(12)1-2-15/h5-7,12H,1-4,8H2,(H,18,20)(H,21,22)/t12-/m0/s1. The second kappa shape index (κ2) is 5.43. The van der Waals surface area contributed by atoms with E-state index in [0.29, 0.717) is 6.54 Å². The number of nitrogens with zero attached hydrogens (tertiary/aromatic N) is 1.